The van der Waals surface area contributed by atoms with Crippen LogP contribution in [0.5, 0.6) is 0 Å². The number of nitrogens with zero attached hydrogens (tertiary/aromatic N) is 2. The molecule has 1 atom stereocenters. The van der Waals surface area contributed by atoms with Gasteiger partial charge in [-0.05, 0) is 74.9 Å². The van der Waals surface area contributed by atoms with Crippen molar-refractivity contribution >= 4 is 35.0 Å². The first-order chi connectivity index (χ1) is 13.8. The van der Waals surface area contributed by atoms with Gasteiger partial charge in [0.15, 0.2) is 0 Å². The molecular weight excluding hydrogens is 388 g/mol. The van der Waals surface area contributed by atoms with E-state index < -0.39 is 5.97 Å². The standard InChI is InChI=1S/C22H24N2O4S/c1-6-13(2)24-20(25)19(29-22(24)27)12-17-10-14(3)23(15(17)4)18-9-7-8-16(11-18)21(26)28-5/h7-13H,6H2,1-5H3/b19-12+/t13-/m1/s1. The van der Waals surface area contributed by atoms with Crippen molar-refractivity contribution in [2.45, 2.75) is 40.2 Å². The zero-order valence-corrected chi connectivity index (χ0v) is 18.0. The molecule has 2 amide bonds. The Morgan fingerprint density at radius 2 is 1.97 bits per heavy atom. The van der Waals surface area contributed by atoms with E-state index >= 15 is 0 Å². The lowest BCUT2D eigenvalue weighted by atomic mass is 10.2. The molecule has 29 heavy (non-hydrogen) atoms. The summed E-state index contributed by atoms with van der Waals surface area (Å²) in [7, 11) is 1.35. The molecule has 2 heterocycles. The van der Waals surface area contributed by atoms with E-state index in [1.165, 1.54) is 12.0 Å². The maximum Gasteiger partial charge on any atom is 0.337 e. The third-order valence-electron chi connectivity index (χ3n) is 5.14. The molecule has 152 valence electrons. The Labute approximate surface area is 174 Å². The van der Waals surface area contributed by atoms with Crippen LogP contribution in [0, 0.1) is 13.8 Å². The Balaban J connectivity index is 1.99. The summed E-state index contributed by atoms with van der Waals surface area (Å²) in [5, 5.41) is -0.227. The number of aromatic nitrogens is 1. The highest BCUT2D eigenvalue weighted by Gasteiger charge is 2.37. The van der Waals surface area contributed by atoms with E-state index in [-0.39, 0.29) is 17.2 Å². The Hall–Kier alpha value is -2.80. The number of ether oxygens (including phenoxy) is 1. The van der Waals surface area contributed by atoms with Crippen LogP contribution in [0.25, 0.3) is 11.8 Å². The van der Waals surface area contributed by atoms with Crippen LogP contribution in [0.4, 0.5) is 4.79 Å². The van der Waals surface area contributed by atoms with Gasteiger partial charge in [-0.2, -0.15) is 0 Å². The molecule has 1 aromatic carbocycles. The Morgan fingerprint density at radius 3 is 2.62 bits per heavy atom. The summed E-state index contributed by atoms with van der Waals surface area (Å²) < 4.78 is 6.82. The minimum atomic E-state index is -0.395. The van der Waals surface area contributed by atoms with Crippen molar-refractivity contribution in [1.82, 2.24) is 9.47 Å². The highest BCUT2D eigenvalue weighted by atomic mass is 32.2. The fourth-order valence-corrected chi connectivity index (χ4v) is 4.33. The summed E-state index contributed by atoms with van der Waals surface area (Å²) >= 11 is 0.977. The molecule has 0 aliphatic carbocycles. The molecule has 0 spiro atoms. The van der Waals surface area contributed by atoms with Crippen LogP contribution in [0.15, 0.2) is 35.2 Å². The first-order valence-electron chi connectivity index (χ1n) is 9.43. The average molecular weight is 413 g/mol. The maximum atomic E-state index is 12.7. The fraction of sp³-hybridized carbons (Fsp3) is 0.318. The van der Waals surface area contributed by atoms with Gasteiger partial charge in [-0.3, -0.25) is 14.5 Å². The zero-order chi connectivity index (χ0) is 21.3. The van der Waals surface area contributed by atoms with Gasteiger partial charge in [0.05, 0.1) is 17.6 Å². The second kappa shape index (κ2) is 8.29. The largest absolute Gasteiger partial charge is 0.465 e. The van der Waals surface area contributed by atoms with Crippen LogP contribution >= 0.6 is 11.8 Å². The lowest BCUT2D eigenvalue weighted by Gasteiger charge is -2.19. The van der Waals surface area contributed by atoms with Gasteiger partial charge < -0.3 is 9.30 Å². The molecule has 2 aromatic rings. The molecule has 0 bridgehead atoms. The number of aryl methyl sites for hydroxylation is 1. The van der Waals surface area contributed by atoms with Gasteiger partial charge in [0.2, 0.25) is 0 Å². The van der Waals surface area contributed by atoms with E-state index in [2.05, 4.69) is 0 Å². The van der Waals surface area contributed by atoms with E-state index in [1.807, 2.05) is 44.4 Å². The molecule has 1 aromatic heterocycles. The smallest absolute Gasteiger partial charge is 0.337 e. The van der Waals surface area contributed by atoms with E-state index in [0.29, 0.717) is 10.5 Å². The number of hydrogen-bond acceptors (Lipinski definition) is 5. The lowest BCUT2D eigenvalue weighted by Crippen LogP contribution is -2.36. The van der Waals surface area contributed by atoms with Gasteiger partial charge in [0.1, 0.15) is 0 Å². The van der Waals surface area contributed by atoms with Gasteiger partial charge >= 0.3 is 5.97 Å². The predicted molar refractivity (Wildman–Crippen MR) is 114 cm³/mol. The van der Waals surface area contributed by atoms with Crippen molar-refractivity contribution in [2.24, 2.45) is 0 Å². The van der Waals surface area contributed by atoms with Gasteiger partial charge in [0.25, 0.3) is 11.1 Å². The summed E-state index contributed by atoms with van der Waals surface area (Å²) in [4.78, 5) is 38.6. The molecule has 1 aliphatic heterocycles. The Bertz CT molecular complexity index is 1020. The number of amides is 2. The first kappa shape index (κ1) is 20.9. The molecule has 0 radical (unpaired) electrons. The minimum Gasteiger partial charge on any atom is -0.465 e. The number of benzene rings is 1. The van der Waals surface area contributed by atoms with E-state index in [1.54, 1.807) is 24.3 Å². The second-order valence-electron chi connectivity index (χ2n) is 7.01. The Kier molecular flexibility index (Phi) is 5.98. The first-order valence-corrected chi connectivity index (χ1v) is 10.2. The maximum absolute atomic E-state index is 12.7. The molecule has 1 aliphatic rings. The number of rotatable bonds is 5. The number of hydrogen-bond donors (Lipinski definition) is 0. The summed E-state index contributed by atoms with van der Waals surface area (Å²) in [6, 6.07) is 9.03. The van der Waals surface area contributed by atoms with Gasteiger partial charge in [-0.1, -0.05) is 13.0 Å². The number of carbonyl (C=O) groups is 3. The molecule has 7 heteroatoms. The van der Waals surface area contributed by atoms with Crippen molar-refractivity contribution in [3.63, 3.8) is 0 Å². The van der Waals surface area contributed by atoms with Crippen molar-refractivity contribution in [3.05, 3.63) is 57.8 Å². The lowest BCUT2D eigenvalue weighted by molar-refractivity contribution is -0.124. The van der Waals surface area contributed by atoms with Gasteiger partial charge in [-0.15, -0.1) is 0 Å². The van der Waals surface area contributed by atoms with Crippen molar-refractivity contribution in [1.29, 1.82) is 0 Å². The molecule has 3 rings (SSSR count). The fourth-order valence-electron chi connectivity index (χ4n) is 3.40. The summed E-state index contributed by atoms with van der Waals surface area (Å²) in [5.74, 6) is -0.639. The van der Waals surface area contributed by atoms with Crippen LogP contribution in [0.2, 0.25) is 0 Å². The number of esters is 1. The van der Waals surface area contributed by atoms with Crippen LogP contribution < -0.4 is 0 Å². The van der Waals surface area contributed by atoms with Crippen LogP contribution in [0.3, 0.4) is 0 Å². The highest BCUT2D eigenvalue weighted by molar-refractivity contribution is 8.18. The number of thioether (sulfide) groups is 1. The van der Waals surface area contributed by atoms with Crippen LogP contribution in [0.1, 0.15) is 47.6 Å². The average Bonchev–Trinajstić information content (AvgIpc) is 3.15. The number of carbonyl (C=O) groups excluding carboxylic acids is 3. The van der Waals surface area contributed by atoms with Crippen LogP contribution in [-0.4, -0.2) is 39.7 Å². The molecule has 0 saturated carbocycles. The summed E-state index contributed by atoms with van der Waals surface area (Å²) in [6.07, 6.45) is 2.49. The quantitative estimate of drug-likeness (QED) is 0.525. The highest BCUT2D eigenvalue weighted by Crippen LogP contribution is 2.35. The molecular formula is C22H24N2O4S. The SMILES string of the molecule is CC[C@@H](C)N1C(=O)S/C(=C/c2cc(C)n(-c3cccc(C(=O)OC)c3)c2C)C1=O. The summed E-state index contributed by atoms with van der Waals surface area (Å²) in [5.41, 5.74) is 4.03. The Morgan fingerprint density at radius 1 is 1.24 bits per heavy atom. The second-order valence-corrected chi connectivity index (χ2v) is 8.01. The van der Waals surface area contributed by atoms with Gasteiger partial charge in [0, 0.05) is 23.1 Å². The zero-order valence-electron chi connectivity index (χ0n) is 17.2. The molecule has 6 nitrogen and oxygen atoms in total. The molecule has 1 saturated heterocycles. The van der Waals surface area contributed by atoms with E-state index in [9.17, 15) is 14.4 Å². The van der Waals surface area contributed by atoms with Crippen molar-refractivity contribution < 1.29 is 19.1 Å². The molecule has 0 unspecified atom stereocenters. The topological polar surface area (TPSA) is 68.6 Å². The summed E-state index contributed by atoms with van der Waals surface area (Å²) in [6.45, 7) is 7.73. The van der Waals surface area contributed by atoms with E-state index in [0.717, 1.165) is 40.8 Å². The number of methoxy groups -OCH3 is 1. The number of imide groups is 1. The predicted octanol–water partition coefficient (Wildman–Crippen LogP) is 4.72. The van der Waals surface area contributed by atoms with Crippen molar-refractivity contribution in [2.75, 3.05) is 7.11 Å². The van der Waals surface area contributed by atoms with Gasteiger partial charge in [-0.25, -0.2) is 4.79 Å². The normalized spacial score (nSPS) is 16.6. The molecule has 1 fully saturated rings. The third-order valence-corrected chi connectivity index (χ3v) is 6.02. The van der Waals surface area contributed by atoms with Crippen molar-refractivity contribution in [3.8, 4) is 5.69 Å². The van der Waals surface area contributed by atoms with Crippen LogP contribution in [-0.2, 0) is 9.53 Å². The van der Waals surface area contributed by atoms with E-state index in [4.69, 9.17) is 4.74 Å². The monoisotopic (exact) mass is 412 g/mol. The minimum absolute atomic E-state index is 0.123. The molecule has 0 N–H and O–H groups in total. The third kappa shape index (κ3) is 3.87.